The number of pyridine rings is 1. The van der Waals surface area contributed by atoms with E-state index in [1.165, 1.54) is 12.3 Å². The number of Topliss-reactive ketones (excluding diaryl/α,β-unsaturated/α-hetero) is 1. The second-order valence-electron chi connectivity index (χ2n) is 3.64. The van der Waals surface area contributed by atoms with Gasteiger partial charge in [-0.05, 0) is 12.1 Å². The molecular weight excluding hydrogens is 254 g/mol. The number of hydrogen-bond donors (Lipinski definition) is 1. The lowest BCUT2D eigenvalue weighted by Crippen LogP contribution is -2.31. The standard InChI is InChI=1S/C12H10ClN3O2/c13-11-2-1-8(6-16-11)12(17)9(5-14)10-7-18-4-3-15-10/h1-2,6,15H,3-4,7H2. The summed E-state index contributed by atoms with van der Waals surface area (Å²) in [5.74, 6) is -0.380. The van der Waals surface area contributed by atoms with E-state index in [1.54, 1.807) is 6.07 Å². The van der Waals surface area contributed by atoms with Crippen LogP contribution in [0.3, 0.4) is 0 Å². The van der Waals surface area contributed by atoms with Crippen molar-refractivity contribution in [3.8, 4) is 6.07 Å². The van der Waals surface area contributed by atoms with Crippen LogP contribution in [0.4, 0.5) is 0 Å². The second-order valence-corrected chi connectivity index (χ2v) is 4.03. The van der Waals surface area contributed by atoms with Crippen molar-refractivity contribution < 1.29 is 9.53 Å². The third-order valence-electron chi connectivity index (χ3n) is 2.46. The van der Waals surface area contributed by atoms with Crippen molar-refractivity contribution in [2.45, 2.75) is 0 Å². The van der Waals surface area contributed by atoms with Gasteiger partial charge in [0.05, 0.1) is 18.9 Å². The minimum Gasteiger partial charge on any atom is -0.383 e. The molecular formula is C12H10ClN3O2. The van der Waals surface area contributed by atoms with Gasteiger partial charge in [-0.2, -0.15) is 5.26 Å². The van der Waals surface area contributed by atoms with Crippen molar-refractivity contribution in [1.82, 2.24) is 10.3 Å². The van der Waals surface area contributed by atoms with Gasteiger partial charge in [0.15, 0.2) is 0 Å². The molecule has 5 nitrogen and oxygen atoms in total. The van der Waals surface area contributed by atoms with E-state index < -0.39 is 0 Å². The molecule has 0 atom stereocenters. The highest BCUT2D eigenvalue weighted by Crippen LogP contribution is 2.13. The summed E-state index contributed by atoms with van der Waals surface area (Å²) in [6, 6.07) is 4.97. The highest BCUT2D eigenvalue weighted by Gasteiger charge is 2.19. The largest absolute Gasteiger partial charge is 0.383 e. The first-order valence-corrected chi connectivity index (χ1v) is 5.71. The lowest BCUT2D eigenvalue weighted by molar-refractivity contribution is 0.102. The summed E-state index contributed by atoms with van der Waals surface area (Å²) >= 11 is 5.65. The van der Waals surface area contributed by atoms with E-state index in [9.17, 15) is 4.79 Å². The summed E-state index contributed by atoms with van der Waals surface area (Å²) in [7, 11) is 0. The summed E-state index contributed by atoms with van der Waals surface area (Å²) in [5.41, 5.74) is 0.901. The number of carbonyl (C=O) groups excluding carboxylic acids is 1. The number of nitriles is 1. The molecule has 1 N–H and O–H groups in total. The predicted molar refractivity (Wildman–Crippen MR) is 65.0 cm³/mol. The summed E-state index contributed by atoms with van der Waals surface area (Å²) in [6.45, 7) is 1.40. The Balaban J connectivity index is 2.31. The Labute approximate surface area is 109 Å². The molecule has 0 spiro atoms. The Morgan fingerprint density at radius 2 is 2.39 bits per heavy atom. The smallest absolute Gasteiger partial charge is 0.206 e. The van der Waals surface area contributed by atoms with Gasteiger partial charge in [0.25, 0.3) is 0 Å². The molecule has 0 aromatic carbocycles. The Hall–Kier alpha value is -1.90. The fourth-order valence-electron chi connectivity index (χ4n) is 1.57. The maximum atomic E-state index is 12.1. The van der Waals surface area contributed by atoms with Crippen LogP contribution in [0.25, 0.3) is 0 Å². The molecule has 0 aliphatic carbocycles. The van der Waals surface area contributed by atoms with Crippen LogP contribution in [-0.4, -0.2) is 30.5 Å². The molecule has 1 aliphatic heterocycles. The topological polar surface area (TPSA) is 75.0 Å². The molecule has 18 heavy (non-hydrogen) atoms. The van der Waals surface area contributed by atoms with Crippen LogP contribution in [0.1, 0.15) is 10.4 Å². The SMILES string of the molecule is N#CC(C(=O)c1ccc(Cl)nc1)=C1COCCN1. The van der Waals surface area contributed by atoms with Crippen LogP contribution in [0.5, 0.6) is 0 Å². The summed E-state index contributed by atoms with van der Waals surface area (Å²) in [5, 5.41) is 12.4. The molecule has 92 valence electrons. The number of rotatable bonds is 2. The van der Waals surface area contributed by atoms with Crippen LogP contribution in [0.2, 0.25) is 5.15 Å². The molecule has 6 heteroatoms. The van der Waals surface area contributed by atoms with E-state index in [-0.39, 0.29) is 18.0 Å². The van der Waals surface area contributed by atoms with E-state index in [4.69, 9.17) is 21.6 Å². The minimum absolute atomic E-state index is 0.0545. The summed E-state index contributed by atoms with van der Waals surface area (Å²) in [4.78, 5) is 16.0. The van der Waals surface area contributed by atoms with Crippen molar-refractivity contribution in [3.63, 3.8) is 0 Å². The lowest BCUT2D eigenvalue weighted by atomic mass is 10.0. The third kappa shape index (κ3) is 2.67. The molecule has 2 heterocycles. The number of halogens is 1. The van der Waals surface area contributed by atoms with Crippen molar-refractivity contribution in [1.29, 1.82) is 5.26 Å². The summed E-state index contributed by atoms with van der Waals surface area (Å²) in [6.07, 6.45) is 1.35. The van der Waals surface area contributed by atoms with Crippen LogP contribution >= 0.6 is 11.6 Å². The Kier molecular flexibility index (Phi) is 3.92. The number of ketones is 1. The zero-order chi connectivity index (χ0) is 13.0. The molecule has 1 aromatic rings. The number of hydrogen-bond acceptors (Lipinski definition) is 5. The van der Waals surface area contributed by atoms with Gasteiger partial charge < -0.3 is 10.1 Å². The molecule has 0 radical (unpaired) electrons. The Morgan fingerprint density at radius 3 is 2.94 bits per heavy atom. The second kappa shape index (κ2) is 5.63. The number of aromatic nitrogens is 1. The van der Waals surface area contributed by atoms with Crippen LogP contribution in [-0.2, 0) is 4.74 Å². The van der Waals surface area contributed by atoms with Gasteiger partial charge in [-0.15, -0.1) is 0 Å². The molecule has 1 aliphatic rings. The van der Waals surface area contributed by atoms with Crippen molar-refractivity contribution in [2.24, 2.45) is 0 Å². The first-order valence-electron chi connectivity index (χ1n) is 5.33. The van der Waals surface area contributed by atoms with Crippen molar-refractivity contribution in [3.05, 3.63) is 40.3 Å². The van der Waals surface area contributed by atoms with Gasteiger partial charge in [-0.1, -0.05) is 11.6 Å². The first-order chi connectivity index (χ1) is 8.72. The molecule has 0 bridgehead atoms. The molecule has 1 saturated heterocycles. The van der Waals surface area contributed by atoms with E-state index in [2.05, 4.69) is 10.3 Å². The van der Waals surface area contributed by atoms with E-state index in [0.29, 0.717) is 29.6 Å². The molecule has 0 unspecified atom stereocenters. The monoisotopic (exact) mass is 263 g/mol. The van der Waals surface area contributed by atoms with E-state index >= 15 is 0 Å². The van der Waals surface area contributed by atoms with Gasteiger partial charge in [0.2, 0.25) is 5.78 Å². The zero-order valence-electron chi connectivity index (χ0n) is 9.44. The van der Waals surface area contributed by atoms with Crippen molar-refractivity contribution >= 4 is 17.4 Å². The van der Waals surface area contributed by atoms with Crippen LogP contribution in [0, 0.1) is 11.3 Å². The zero-order valence-corrected chi connectivity index (χ0v) is 10.2. The average Bonchev–Trinajstić information content (AvgIpc) is 2.41. The van der Waals surface area contributed by atoms with Gasteiger partial charge in [-0.3, -0.25) is 4.79 Å². The van der Waals surface area contributed by atoms with Crippen LogP contribution in [0.15, 0.2) is 29.6 Å². The third-order valence-corrected chi connectivity index (χ3v) is 2.68. The van der Waals surface area contributed by atoms with Crippen LogP contribution < -0.4 is 5.32 Å². The maximum absolute atomic E-state index is 12.1. The number of ether oxygens (including phenoxy) is 1. The highest BCUT2D eigenvalue weighted by molar-refractivity contribution is 6.29. The minimum atomic E-state index is -0.380. The fourth-order valence-corrected chi connectivity index (χ4v) is 1.68. The highest BCUT2D eigenvalue weighted by atomic mass is 35.5. The fraction of sp³-hybridized carbons (Fsp3) is 0.250. The number of allylic oxidation sites excluding steroid dienone is 1. The molecule has 1 fully saturated rings. The number of nitrogens with zero attached hydrogens (tertiary/aromatic N) is 2. The Bertz CT molecular complexity index is 523. The number of nitrogens with one attached hydrogen (secondary N) is 1. The quantitative estimate of drug-likeness (QED) is 0.377. The molecule has 0 amide bonds. The van der Waals surface area contributed by atoms with Gasteiger partial charge >= 0.3 is 0 Å². The normalized spacial score (nSPS) is 17.6. The number of morpholine rings is 1. The Morgan fingerprint density at radius 1 is 1.56 bits per heavy atom. The molecule has 1 aromatic heterocycles. The van der Waals surface area contributed by atoms with E-state index in [0.717, 1.165) is 0 Å². The van der Waals surface area contributed by atoms with Gasteiger partial charge in [-0.25, -0.2) is 4.98 Å². The van der Waals surface area contributed by atoms with Gasteiger partial charge in [0, 0.05) is 18.3 Å². The van der Waals surface area contributed by atoms with Gasteiger partial charge in [0.1, 0.15) is 16.8 Å². The molecule has 2 rings (SSSR count). The maximum Gasteiger partial charge on any atom is 0.206 e. The van der Waals surface area contributed by atoms with Crippen molar-refractivity contribution in [2.75, 3.05) is 19.8 Å². The predicted octanol–water partition coefficient (Wildman–Crippen LogP) is 1.32. The lowest BCUT2D eigenvalue weighted by Gasteiger charge is -2.18. The summed E-state index contributed by atoms with van der Waals surface area (Å²) < 4.78 is 5.21. The molecule has 0 saturated carbocycles. The average molecular weight is 264 g/mol. The first kappa shape index (κ1) is 12.6. The number of carbonyl (C=O) groups is 1. The van der Waals surface area contributed by atoms with E-state index in [1.807, 2.05) is 6.07 Å².